The maximum Gasteiger partial charge on any atom is 0.0974 e. The molecule has 1 aromatic heterocycles. The van der Waals surface area contributed by atoms with Gasteiger partial charge >= 0.3 is 0 Å². The minimum absolute atomic E-state index is 0.0286. The fraction of sp³-hybridized carbons (Fsp3) is 0.629. The van der Waals surface area contributed by atoms with Crippen molar-refractivity contribution in [3.05, 3.63) is 65.5 Å². The van der Waals surface area contributed by atoms with Gasteiger partial charge in [-0.1, -0.05) is 58.9 Å². The van der Waals surface area contributed by atoms with E-state index < -0.39 is 0 Å². The van der Waals surface area contributed by atoms with Crippen molar-refractivity contribution in [3.63, 3.8) is 0 Å². The van der Waals surface area contributed by atoms with Crippen molar-refractivity contribution >= 4 is 10.8 Å². The minimum Gasteiger partial charge on any atom is -0.359 e. The second-order valence-electron chi connectivity index (χ2n) is 12.5. The first-order chi connectivity index (χ1) is 18.6. The number of fused-ring (bicyclic) bond motifs is 2. The third-order valence-corrected chi connectivity index (χ3v) is 11.1. The second-order valence-corrected chi connectivity index (χ2v) is 12.5. The molecule has 2 saturated carbocycles. The topological polar surface area (TPSA) is 25.4 Å². The summed E-state index contributed by atoms with van der Waals surface area (Å²) in [7, 11) is 0. The first kappa shape index (κ1) is 26.3. The molecule has 38 heavy (non-hydrogen) atoms. The van der Waals surface area contributed by atoms with Crippen LogP contribution in [0.4, 0.5) is 0 Å². The zero-order valence-corrected chi connectivity index (χ0v) is 24.4. The molecule has 3 heteroatoms. The van der Waals surface area contributed by atoms with E-state index in [1.54, 1.807) is 11.1 Å². The number of aromatic nitrogens is 1. The molecule has 4 fully saturated rings. The van der Waals surface area contributed by atoms with E-state index in [9.17, 15) is 0 Å². The number of rotatable bonds is 2. The zero-order chi connectivity index (χ0) is 26.5. The van der Waals surface area contributed by atoms with E-state index in [0.29, 0.717) is 11.8 Å². The van der Waals surface area contributed by atoms with Crippen LogP contribution in [0.1, 0.15) is 104 Å². The molecule has 2 spiro atoms. The number of benzene rings is 1. The van der Waals surface area contributed by atoms with Gasteiger partial charge < -0.3 is 9.64 Å². The summed E-state index contributed by atoms with van der Waals surface area (Å²) in [5.74, 6) is 1.22. The largest absolute Gasteiger partial charge is 0.359 e. The molecule has 0 amide bonds. The van der Waals surface area contributed by atoms with Crippen molar-refractivity contribution in [2.24, 2.45) is 11.3 Å². The van der Waals surface area contributed by atoms with Crippen LogP contribution in [0.3, 0.4) is 0 Å². The fourth-order valence-corrected chi connectivity index (χ4v) is 9.27. The summed E-state index contributed by atoms with van der Waals surface area (Å²) >= 11 is 0. The van der Waals surface area contributed by atoms with Gasteiger partial charge in [-0.25, -0.2) is 0 Å². The Hall–Kier alpha value is -1.97. The lowest BCUT2D eigenvalue weighted by Gasteiger charge is -2.55. The van der Waals surface area contributed by atoms with Gasteiger partial charge in [0, 0.05) is 23.8 Å². The first-order valence-corrected chi connectivity index (χ1v) is 15.8. The predicted molar refractivity (Wildman–Crippen MR) is 158 cm³/mol. The molecule has 2 bridgehead atoms. The van der Waals surface area contributed by atoms with Crippen molar-refractivity contribution in [2.45, 2.75) is 116 Å². The Bertz CT molecular complexity index is 1240. The molecule has 0 radical (unpaired) electrons. The SMILES string of the molecule is CC.CC.C[C@]12CC=C3C=C4CC[C@@H](N5CCC5)C[C@]45CC[C@]3(O5)[C@@H]1CC[C@@H]2c1ccc2ccncc2c1. The van der Waals surface area contributed by atoms with Crippen LogP contribution in [-0.4, -0.2) is 40.2 Å². The van der Waals surface area contributed by atoms with Gasteiger partial charge in [0.2, 0.25) is 0 Å². The van der Waals surface area contributed by atoms with Crippen LogP contribution in [-0.2, 0) is 4.74 Å². The van der Waals surface area contributed by atoms with Crippen molar-refractivity contribution in [1.29, 1.82) is 0 Å². The summed E-state index contributed by atoms with van der Waals surface area (Å²) in [5.41, 5.74) is 4.94. The van der Waals surface area contributed by atoms with Gasteiger partial charge in [0.1, 0.15) is 0 Å². The van der Waals surface area contributed by atoms with Crippen LogP contribution in [0, 0.1) is 11.3 Å². The summed E-state index contributed by atoms with van der Waals surface area (Å²) < 4.78 is 7.49. The zero-order valence-electron chi connectivity index (χ0n) is 24.4. The van der Waals surface area contributed by atoms with E-state index in [0.717, 1.165) is 6.04 Å². The molecule has 2 aromatic rings. The summed E-state index contributed by atoms with van der Waals surface area (Å²) in [6, 6.07) is 9.99. The van der Waals surface area contributed by atoms with Crippen LogP contribution < -0.4 is 0 Å². The second kappa shape index (κ2) is 9.89. The molecule has 2 saturated heterocycles. The maximum absolute atomic E-state index is 7.49. The van der Waals surface area contributed by atoms with E-state index in [-0.39, 0.29) is 16.6 Å². The highest BCUT2D eigenvalue weighted by Gasteiger charge is 2.66. The van der Waals surface area contributed by atoms with Gasteiger partial charge in [-0.3, -0.25) is 4.98 Å². The Morgan fingerprint density at radius 1 is 0.974 bits per heavy atom. The van der Waals surface area contributed by atoms with Crippen LogP contribution in [0.5, 0.6) is 0 Å². The third kappa shape index (κ3) is 3.71. The van der Waals surface area contributed by atoms with Crippen molar-refractivity contribution in [3.8, 4) is 0 Å². The lowest BCUT2D eigenvalue weighted by molar-refractivity contribution is -0.142. The molecule has 3 aliphatic heterocycles. The molecule has 8 rings (SSSR count). The molecule has 3 aliphatic carbocycles. The molecule has 1 aromatic carbocycles. The standard InChI is InChI=1S/C31H36N2O.2C2H6/c1-29-11-9-25-18-24-5-6-26(33-15-2-16-33)19-30(24)12-13-31(25,34-30)28(29)8-7-27(29)22-4-3-21-10-14-32-20-23(21)17-22;2*1-2/h3-4,9-10,14,17-18,20,26-28H,2,5-8,11-13,15-16,19H2,1H3;2*1-2H3/t26-,27-,28-,29-,30-,31-;;/m1../s1. The molecule has 3 nitrogen and oxygen atoms in total. The molecular weight excluding hydrogens is 464 g/mol. The maximum atomic E-state index is 7.49. The number of hydrogen-bond donors (Lipinski definition) is 0. The Kier molecular flexibility index (Phi) is 6.84. The minimum atomic E-state index is -0.0412. The highest BCUT2D eigenvalue weighted by molar-refractivity contribution is 5.82. The summed E-state index contributed by atoms with van der Waals surface area (Å²) in [4.78, 5) is 7.12. The lowest BCUT2D eigenvalue weighted by atomic mass is 9.58. The van der Waals surface area contributed by atoms with Crippen LogP contribution in [0.2, 0.25) is 0 Å². The lowest BCUT2D eigenvalue weighted by Crippen LogP contribution is -2.56. The third-order valence-electron chi connectivity index (χ3n) is 11.1. The predicted octanol–water partition coefficient (Wildman–Crippen LogP) is 8.60. The average Bonchev–Trinajstić information content (AvgIpc) is 3.44. The van der Waals surface area contributed by atoms with E-state index in [1.807, 2.05) is 40.1 Å². The normalized spacial score (nSPS) is 38.7. The van der Waals surface area contributed by atoms with Crippen molar-refractivity contribution in [1.82, 2.24) is 9.88 Å². The smallest absolute Gasteiger partial charge is 0.0974 e. The number of hydrogen-bond acceptors (Lipinski definition) is 3. The molecule has 204 valence electrons. The highest BCUT2D eigenvalue weighted by atomic mass is 16.5. The summed E-state index contributed by atoms with van der Waals surface area (Å²) in [6.07, 6.45) is 20.6. The molecule has 4 heterocycles. The Morgan fingerprint density at radius 2 is 1.82 bits per heavy atom. The Labute approximate surface area is 230 Å². The van der Waals surface area contributed by atoms with E-state index in [4.69, 9.17) is 4.74 Å². The van der Waals surface area contributed by atoms with Gasteiger partial charge in [0.25, 0.3) is 0 Å². The average molecular weight is 513 g/mol. The van der Waals surface area contributed by atoms with Gasteiger partial charge in [-0.2, -0.15) is 0 Å². The monoisotopic (exact) mass is 512 g/mol. The number of ether oxygens (including phenoxy) is 1. The Balaban J connectivity index is 0.000000633. The van der Waals surface area contributed by atoms with Crippen LogP contribution >= 0.6 is 0 Å². The quantitative estimate of drug-likeness (QED) is 0.403. The molecular formula is C35H48N2O. The van der Waals surface area contributed by atoms with Crippen molar-refractivity contribution in [2.75, 3.05) is 13.1 Å². The summed E-state index contributed by atoms with van der Waals surface area (Å²) in [6.45, 7) is 13.2. The first-order valence-electron chi connectivity index (χ1n) is 15.8. The van der Waals surface area contributed by atoms with Crippen LogP contribution in [0.15, 0.2) is 60.0 Å². The van der Waals surface area contributed by atoms with Gasteiger partial charge in [0.15, 0.2) is 0 Å². The van der Waals surface area contributed by atoms with E-state index >= 15 is 0 Å². The van der Waals surface area contributed by atoms with E-state index in [1.165, 1.54) is 87.2 Å². The number of allylic oxidation sites excluding steroid dienone is 1. The van der Waals surface area contributed by atoms with Gasteiger partial charge in [-0.15, -0.1) is 0 Å². The molecule has 6 atom stereocenters. The van der Waals surface area contributed by atoms with Gasteiger partial charge in [0.05, 0.1) is 11.2 Å². The number of likely N-dealkylation sites (tertiary alicyclic amines) is 1. The van der Waals surface area contributed by atoms with Crippen LogP contribution in [0.25, 0.3) is 10.8 Å². The Morgan fingerprint density at radius 3 is 2.61 bits per heavy atom. The fourth-order valence-electron chi connectivity index (χ4n) is 9.27. The van der Waals surface area contributed by atoms with E-state index in [2.05, 4.69) is 53.2 Å². The molecule has 0 unspecified atom stereocenters. The number of pyridine rings is 1. The van der Waals surface area contributed by atoms with Gasteiger partial charge in [-0.05, 0) is 122 Å². The molecule has 0 N–H and O–H groups in total. The van der Waals surface area contributed by atoms with Crippen molar-refractivity contribution < 1.29 is 4.74 Å². The summed E-state index contributed by atoms with van der Waals surface area (Å²) in [5, 5.41) is 2.57. The number of nitrogens with zero attached hydrogens (tertiary/aromatic N) is 2. The highest BCUT2D eigenvalue weighted by Crippen LogP contribution is 2.69. The molecule has 6 aliphatic rings.